The molecule has 1 aromatic heterocycles. The summed E-state index contributed by atoms with van der Waals surface area (Å²) in [4.78, 5) is 0. The van der Waals surface area contributed by atoms with E-state index in [-0.39, 0.29) is 0 Å². The number of rotatable bonds is 4. The number of hydrogen-bond acceptors (Lipinski definition) is 2. The van der Waals surface area contributed by atoms with Gasteiger partial charge in [0.2, 0.25) is 0 Å². The first-order valence-electron chi connectivity index (χ1n) is 5.59. The number of aryl methyl sites for hydroxylation is 1. The van der Waals surface area contributed by atoms with E-state index < -0.39 is 0 Å². The van der Waals surface area contributed by atoms with Gasteiger partial charge in [0, 0.05) is 17.5 Å². The zero-order chi connectivity index (χ0) is 11.5. The molecule has 0 fully saturated rings. The minimum absolute atomic E-state index is 0.872. The molecule has 0 bridgehead atoms. The molecule has 0 unspecified atom stereocenters. The maximum atomic E-state index is 5.58. The second kappa shape index (κ2) is 5.02. The predicted octanol–water partition coefficient (Wildman–Crippen LogP) is 4.00. The lowest BCUT2D eigenvalue weighted by molar-refractivity contribution is 0.599. The Morgan fingerprint density at radius 2 is 2.19 bits per heavy atom. The van der Waals surface area contributed by atoms with Crippen LogP contribution in [0.15, 0.2) is 27.3 Å². The van der Waals surface area contributed by atoms with E-state index in [9.17, 15) is 0 Å². The van der Waals surface area contributed by atoms with Crippen molar-refractivity contribution in [1.29, 1.82) is 0 Å². The van der Waals surface area contributed by atoms with Crippen molar-refractivity contribution in [2.75, 3.05) is 6.54 Å². The van der Waals surface area contributed by atoms with Gasteiger partial charge in [0.1, 0.15) is 5.58 Å². The van der Waals surface area contributed by atoms with E-state index in [2.05, 4.69) is 47.2 Å². The Balaban J connectivity index is 2.32. The molecule has 16 heavy (non-hydrogen) atoms. The summed E-state index contributed by atoms with van der Waals surface area (Å²) in [6.07, 6.45) is 3.00. The summed E-state index contributed by atoms with van der Waals surface area (Å²) in [5.74, 6) is 0. The van der Waals surface area contributed by atoms with Crippen LogP contribution in [-0.4, -0.2) is 6.54 Å². The minimum atomic E-state index is 0.872. The van der Waals surface area contributed by atoms with Gasteiger partial charge in [-0.05, 0) is 53.5 Å². The first-order chi connectivity index (χ1) is 7.72. The van der Waals surface area contributed by atoms with Crippen molar-refractivity contribution in [3.63, 3.8) is 0 Å². The van der Waals surface area contributed by atoms with Gasteiger partial charge in [0.25, 0.3) is 0 Å². The van der Waals surface area contributed by atoms with Crippen LogP contribution in [0, 0.1) is 6.92 Å². The predicted molar refractivity (Wildman–Crippen MR) is 70.6 cm³/mol. The highest BCUT2D eigenvalue weighted by molar-refractivity contribution is 9.10. The maximum Gasteiger partial charge on any atom is 0.148 e. The number of benzene rings is 1. The lowest BCUT2D eigenvalue weighted by Gasteiger charge is -2.01. The molecule has 86 valence electrons. The zero-order valence-corrected chi connectivity index (χ0v) is 11.2. The third kappa shape index (κ3) is 2.30. The van der Waals surface area contributed by atoms with Crippen LogP contribution < -0.4 is 5.32 Å². The Morgan fingerprint density at radius 3 is 2.94 bits per heavy atom. The largest absolute Gasteiger partial charge is 0.463 e. The molecule has 0 atom stereocenters. The summed E-state index contributed by atoms with van der Waals surface area (Å²) in [6, 6.07) is 4.25. The molecule has 0 spiro atoms. The summed E-state index contributed by atoms with van der Waals surface area (Å²) in [5.41, 5.74) is 3.42. The van der Waals surface area contributed by atoms with Crippen molar-refractivity contribution in [2.24, 2.45) is 0 Å². The molecule has 2 rings (SSSR count). The lowest BCUT2D eigenvalue weighted by atomic mass is 10.1. The van der Waals surface area contributed by atoms with Gasteiger partial charge >= 0.3 is 0 Å². The number of hydrogen-bond donors (Lipinski definition) is 1. The quantitative estimate of drug-likeness (QED) is 0.857. The van der Waals surface area contributed by atoms with Crippen LogP contribution >= 0.6 is 15.9 Å². The van der Waals surface area contributed by atoms with Crippen molar-refractivity contribution in [2.45, 2.75) is 26.8 Å². The van der Waals surface area contributed by atoms with Gasteiger partial charge in [0.15, 0.2) is 0 Å². The molecule has 0 aliphatic heterocycles. The van der Waals surface area contributed by atoms with Gasteiger partial charge in [-0.3, -0.25) is 0 Å². The van der Waals surface area contributed by atoms with Gasteiger partial charge in [-0.2, -0.15) is 0 Å². The fraction of sp³-hybridized carbons (Fsp3) is 0.385. The topological polar surface area (TPSA) is 25.2 Å². The highest BCUT2D eigenvalue weighted by atomic mass is 79.9. The molecule has 0 amide bonds. The third-order valence-electron chi connectivity index (χ3n) is 2.60. The molecule has 0 radical (unpaired) electrons. The second-order valence-corrected chi connectivity index (χ2v) is 4.92. The van der Waals surface area contributed by atoms with Crippen molar-refractivity contribution in [1.82, 2.24) is 5.32 Å². The first kappa shape index (κ1) is 11.7. The van der Waals surface area contributed by atoms with E-state index in [1.165, 1.54) is 16.5 Å². The SMILES string of the molecule is CCCNCc1coc2c(Br)cc(C)cc12. The molecular formula is C13H16BrNO. The highest BCUT2D eigenvalue weighted by Crippen LogP contribution is 2.29. The van der Waals surface area contributed by atoms with Crippen LogP contribution in [0.1, 0.15) is 24.5 Å². The zero-order valence-electron chi connectivity index (χ0n) is 9.64. The van der Waals surface area contributed by atoms with E-state index >= 15 is 0 Å². The Bertz CT molecular complexity index is 490. The Morgan fingerprint density at radius 1 is 1.38 bits per heavy atom. The average molecular weight is 282 g/mol. The number of fused-ring (bicyclic) bond motifs is 1. The molecule has 1 heterocycles. The van der Waals surface area contributed by atoms with Gasteiger partial charge in [0.05, 0.1) is 10.7 Å². The first-order valence-corrected chi connectivity index (χ1v) is 6.38. The van der Waals surface area contributed by atoms with E-state index in [1.807, 2.05) is 6.26 Å². The van der Waals surface area contributed by atoms with Crippen LogP contribution in [0.5, 0.6) is 0 Å². The minimum Gasteiger partial charge on any atom is -0.463 e. The number of nitrogens with one attached hydrogen (secondary N) is 1. The molecule has 0 aliphatic carbocycles. The summed E-state index contributed by atoms with van der Waals surface area (Å²) in [5, 5.41) is 4.60. The van der Waals surface area contributed by atoms with Crippen molar-refractivity contribution < 1.29 is 4.42 Å². The average Bonchev–Trinajstić information content (AvgIpc) is 2.62. The molecular weight excluding hydrogens is 266 g/mol. The van der Waals surface area contributed by atoms with Crippen molar-refractivity contribution in [3.8, 4) is 0 Å². The van der Waals surface area contributed by atoms with Crippen LogP contribution in [0.25, 0.3) is 11.0 Å². The van der Waals surface area contributed by atoms with Gasteiger partial charge < -0.3 is 9.73 Å². The summed E-state index contributed by atoms with van der Waals surface area (Å²) in [6.45, 7) is 6.18. The van der Waals surface area contributed by atoms with Crippen LogP contribution in [-0.2, 0) is 6.54 Å². The molecule has 2 nitrogen and oxygen atoms in total. The summed E-state index contributed by atoms with van der Waals surface area (Å²) < 4.78 is 6.61. The Labute approximate surface area is 104 Å². The standard InChI is InChI=1S/C13H16BrNO/c1-3-4-15-7-10-8-16-13-11(10)5-9(2)6-12(13)14/h5-6,8,15H,3-4,7H2,1-2H3. The van der Waals surface area contributed by atoms with Gasteiger partial charge in [-0.15, -0.1) is 0 Å². The van der Waals surface area contributed by atoms with E-state index in [1.54, 1.807) is 0 Å². The Kier molecular flexibility index (Phi) is 3.66. The van der Waals surface area contributed by atoms with E-state index in [0.29, 0.717) is 0 Å². The molecule has 1 N–H and O–H groups in total. The van der Waals surface area contributed by atoms with Crippen LogP contribution in [0.2, 0.25) is 0 Å². The number of furan rings is 1. The normalized spacial score (nSPS) is 11.2. The lowest BCUT2D eigenvalue weighted by Crippen LogP contribution is -2.13. The van der Waals surface area contributed by atoms with E-state index in [0.717, 1.165) is 29.6 Å². The summed E-state index contributed by atoms with van der Waals surface area (Å²) >= 11 is 3.53. The monoisotopic (exact) mass is 281 g/mol. The fourth-order valence-electron chi connectivity index (χ4n) is 1.82. The van der Waals surface area contributed by atoms with Crippen molar-refractivity contribution >= 4 is 26.9 Å². The number of halogens is 1. The molecule has 0 saturated carbocycles. The van der Waals surface area contributed by atoms with Gasteiger partial charge in [-0.25, -0.2) is 0 Å². The maximum absolute atomic E-state index is 5.58. The fourth-order valence-corrected chi connectivity index (χ4v) is 2.49. The molecule has 0 aliphatic rings. The smallest absolute Gasteiger partial charge is 0.148 e. The Hall–Kier alpha value is -0.800. The third-order valence-corrected chi connectivity index (χ3v) is 3.18. The molecule has 3 heteroatoms. The van der Waals surface area contributed by atoms with E-state index in [4.69, 9.17) is 4.42 Å². The second-order valence-electron chi connectivity index (χ2n) is 4.06. The summed E-state index contributed by atoms with van der Waals surface area (Å²) in [7, 11) is 0. The highest BCUT2D eigenvalue weighted by Gasteiger charge is 2.08. The molecule has 1 aromatic carbocycles. The van der Waals surface area contributed by atoms with Crippen molar-refractivity contribution in [3.05, 3.63) is 34.0 Å². The molecule has 0 saturated heterocycles. The van der Waals surface area contributed by atoms with Crippen LogP contribution in [0.3, 0.4) is 0 Å². The van der Waals surface area contributed by atoms with Crippen LogP contribution in [0.4, 0.5) is 0 Å². The molecule has 2 aromatic rings. The van der Waals surface area contributed by atoms with Gasteiger partial charge in [-0.1, -0.05) is 6.92 Å².